The van der Waals surface area contributed by atoms with E-state index in [1.165, 1.54) is 12.1 Å². The Morgan fingerprint density at radius 2 is 1.80 bits per heavy atom. The van der Waals surface area contributed by atoms with Crippen LogP contribution in [-0.2, 0) is 40.1 Å². The summed E-state index contributed by atoms with van der Waals surface area (Å²) in [7, 11) is -3.44. The zero-order valence-corrected chi connectivity index (χ0v) is 25.1. The van der Waals surface area contributed by atoms with Gasteiger partial charge >= 0.3 is 12.1 Å². The van der Waals surface area contributed by atoms with Crippen LogP contribution in [0.2, 0.25) is 4.34 Å². The first-order chi connectivity index (χ1) is 19.4. The number of hydrogen-bond donors (Lipinski definition) is 0. The smallest absolute Gasteiger partial charge is 0.416 e. The molecule has 0 aliphatic heterocycles. The van der Waals surface area contributed by atoms with Crippen molar-refractivity contribution in [3.8, 4) is 5.75 Å². The highest BCUT2D eigenvalue weighted by Crippen LogP contribution is 2.38. The number of fused-ring (bicyclic) bond motifs is 1. The SMILES string of the molecule is C=C1Cc2ccc(OC(=O)Cc3ccc(C(F)(F)F)cc3)cc2CCC(CCS(=O)(=O)c2ccc(Cl)s2)C1CCC. The first-order valence-corrected chi connectivity index (χ1v) is 16.3. The number of sulfone groups is 1. The van der Waals surface area contributed by atoms with Crippen molar-refractivity contribution < 1.29 is 31.1 Å². The van der Waals surface area contributed by atoms with Crippen LogP contribution in [0.3, 0.4) is 0 Å². The molecular formula is C31H32ClF3O4S2. The van der Waals surface area contributed by atoms with Crippen molar-refractivity contribution >= 4 is 38.7 Å². The Kier molecular flexibility index (Phi) is 10.0. The molecule has 4 rings (SSSR count). The molecule has 0 radical (unpaired) electrons. The van der Waals surface area contributed by atoms with E-state index in [2.05, 4.69) is 13.5 Å². The highest BCUT2D eigenvalue weighted by Gasteiger charge is 2.31. The van der Waals surface area contributed by atoms with Gasteiger partial charge in [0.25, 0.3) is 0 Å². The van der Waals surface area contributed by atoms with E-state index in [0.29, 0.717) is 34.9 Å². The van der Waals surface area contributed by atoms with Gasteiger partial charge in [0.2, 0.25) is 0 Å². The Hall–Kier alpha value is -2.62. The molecule has 1 heterocycles. The molecule has 41 heavy (non-hydrogen) atoms. The van der Waals surface area contributed by atoms with E-state index in [0.717, 1.165) is 59.4 Å². The van der Waals surface area contributed by atoms with Crippen LogP contribution in [0.4, 0.5) is 13.2 Å². The molecule has 2 unspecified atom stereocenters. The molecule has 1 aromatic heterocycles. The lowest BCUT2D eigenvalue weighted by molar-refractivity contribution is -0.137. The Morgan fingerprint density at radius 3 is 2.44 bits per heavy atom. The fraction of sp³-hybridized carbons (Fsp3) is 0.387. The van der Waals surface area contributed by atoms with Gasteiger partial charge < -0.3 is 4.74 Å². The Bertz CT molecular complexity index is 1490. The molecule has 0 saturated carbocycles. The second-order valence-electron chi connectivity index (χ2n) is 10.5. The number of thiophene rings is 1. The molecule has 2 aromatic carbocycles. The highest BCUT2D eigenvalue weighted by atomic mass is 35.5. The van der Waals surface area contributed by atoms with Gasteiger partial charge in [0.15, 0.2) is 9.84 Å². The lowest BCUT2D eigenvalue weighted by Crippen LogP contribution is -2.24. The van der Waals surface area contributed by atoms with Crippen LogP contribution in [0.5, 0.6) is 5.75 Å². The van der Waals surface area contributed by atoms with Crippen molar-refractivity contribution in [3.63, 3.8) is 0 Å². The minimum atomic E-state index is -4.44. The summed E-state index contributed by atoms with van der Waals surface area (Å²) < 4.78 is 70.6. The van der Waals surface area contributed by atoms with Gasteiger partial charge in [-0.25, -0.2) is 8.42 Å². The van der Waals surface area contributed by atoms with E-state index in [4.69, 9.17) is 16.3 Å². The van der Waals surface area contributed by atoms with Crippen molar-refractivity contribution in [2.24, 2.45) is 11.8 Å². The first kappa shape index (κ1) is 31.3. The normalized spacial score (nSPS) is 17.9. The number of aryl methyl sites for hydroxylation is 1. The van der Waals surface area contributed by atoms with Crippen LogP contribution >= 0.6 is 22.9 Å². The van der Waals surface area contributed by atoms with Gasteiger partial charge in [0.05, 0.1) is 22.1 Å². The number of halogens is 4. The quantitative estimate of drug-likeness (QED) is 0.136. The van der Waals surface area contributed by atoms with E-state index >= 15 is 0 Å². The molecule has 3 aromatic rings. The number of esters is 1. The first-order valence-electron chi connectivity index (χ1n) is 13.5. The number of benzene rings is 2. The van der Waals surface area contributed by atoms with Crippen molar-refractivity contribution in [3.05, 3.63) is 93.3 Å². The topological polar surface area (TPSA) is 60.4 Å². The molecule has 0 N–H and O–H groups in total. The third kappa shape index (κ3) is 8.23. The van der Waals surface area contributed by atoms with Crippen LogP contribution in [-0.4, -0.2) is 20.1 Å². The minimum Gasteiger partial charge on any atom is -0.426 e. The van der Waals surface area contributed by atoms with E-state index in [9.17, 15) is 26.4 Å². The molecule has 4 nitrogen and oxygen atoms in total. The molecule has 1 aliphatic carbocycles. The second kappa shape index (κ2) is 13.1. The standard InChI is InChI=1S/C31H32ClF3O4S2/c1-3-4-27-20(2)17-23-9-12-26(39-29(36)18-21-5-10-25(11-6-21)31(33,34)35)19-24(23)8-7-22(27)15-16-41(37,38)30-14-13-28(32)40-30/h5-6,9-14,19,22,27H,2-4,7-8,15-18H2,1H3. The average Bonchev–Trinajstić information content (AvgIpc) is 3.35. The largest absolute Gasteiger partial charge is 0.426 e. The zero-order chi connectivity index (χ0) is 29.8. The molecule has 0 spiro atoms. The van der Waals surface area contributed by atoms with Gasteiger partial charge in [0, 0.05) is 0 Å². The highest BCUT2D eigenvalue weighted by molar-refractivity contribution is 7.93. The Labute approximate surface area is 248 Å². The van der Waals surface area contributed by atoms with Crippen LogP contribution in [0.1, 0.15) is 54.9 Å². The van der Waals surface area contributed by atoms with E-state index in [1.54, 1.807) is 18.2 Å². The lowest BCUT2D eigenvalue weighted by Gasteiger charge is -2.32. The molecule has 0 amide bonds. The summed E-state index contributed by atoms with van der Waals surface area (Å²) in [5.74, 6) is 0.171. The number of carbonyl (C=O) groups is 1. The predicted octanol–water partition coefficient (Wildman–Crippen LogP) is 8.51. The molecule has 0 saturated heterocycles. The number of ether oxygens (including phenoxy) is 1. The second-order valence-corrected chi connectivity index (χ2v) is 14.5. The Balaban J connectivity index is 1.45. The maximum Gasteiger partial charge on any atom is 0.416 e. The fourth-order valence-electron chi connectivity index (χ4n) is 5.44. The summed E-state index contributed by atoms with van der Waals surface area (Å²) in [6, 6.07) is 13.1. The molecule has 220 valence electrons. The molecular weight excluding hydrogens is 593 g/mol. The molecule has 10 heteroatoms. The molecule has 0 fully saturated rings. The van der Waals surface area contributed by atoms with Crippen molar-refractivity contribution in [1.29, 1.82) is 0 Å². The third-order valence-corrected chi connectivity index (χ3v) is 11.1. The van der Waals surface area contributed by atoms with E-state index in [-0.39, 0.29) is 28.2 Å². The third-order valence-electron chi connectivity index (χ3n) is 7.55. The molecule has 0 bridgehead atoms. The summed E-state index contributed by atoms with van der Waals surface area (Å²) in [4.78, 5) is 12.5. The maximum absolute atomic E-state index is 13.0. The van der Waals surface area contributed by atoms with Crippen LogP contribution in [0.25, 0.3) is 0 Å². The summed E-state index contributed by atoms with van der Waals surface area (Å²) in [5.41, 5.74) is 2.83. The van der Waals surface area contributed by atoms with Gasteiger partial charge in [-0.15, -0.1) is 11.3 Å². The summed E-state index contributed by atoms with van der Waals surface area (Å²) in [6.45, 7) is 6.51. The maximum atomic E-state index is 13.0. The number of hydrogen-bond acceptors (Lipinski definition) is 5. The number of allylic oxidation sites excluding steroid dienone is 1. The van der Waals surface area contributed by atoms with E-state index < -0.39 is 27.5 Å². The van der Waals surface area contributed by atoms with Gasteiger partial charge in [-0.3, -0.25) is 4.79 Å². The average molecular weight is 625 g/mol. The van der Waals surface area contributed by atoms with Crippen molar-refractivity contribution in [2.45, 2.75) is 62.3 Å². The van der Waals surface area contributed by atoms with Crippen molar-refractivity contribution in [2.75, 3.05) is 5.75 Å². The Morgan fingerprint density at radius 1 is 1.07 bits per heavy atom. The van der Waals surface area contributed by atoms with Gasteiger partial charge in [0.1, 0.15) is 9.96 Å². The summed E-state index contributed by atoms with van der Waals surface area (Å²) in [5, 5.41) is 0. The zero-order valence-electron chi connectivity index (χ0n) is 22.7. The van der Waals surface area contributed by atoms with Crippen LogP contribution in [0.15, 0.2) is 71.0 Å². The summed E-state index contributed by atoms with van der Waals surface area (Å²) >= 11 is 7.04. The molecule has 1 aliphatic rings. The monoisotopic (exact) mass is 624 g/mol. The van der Waals surface area contributed by atoms with Crippen LogP contribution in [0, 0.1) is 11.8 Å². The molecule has 2 atom stereocenters. The van der Waals surface area contributed by atoms with Crippen molar-refractivity contribution in [1.82, 2.24) is 0 Å². The van der Waals surface area contributed by atoms with Gasteiger partial charge in [-0.1, -0.05) is 55.3 Å². The summed E-state index contributed by atoms with van der Waals surface area (Å²) in [6.07, 6.45) is -0.0627. The van der Waals surface area contributed by atoms with E-state index in [1.807, 2.05) is 12.1 Å². The number of carbonyl (C=O) groups excluding carboxylic acids is 1. The van der Waals surface area contributed by atoms with Gasteiger partial charge in [-0.2, -0.15) is 13.2 Å². The van der Waals surface area contributed by atoms with Crippen LogP contribution < -0.4 is 4.74 Å². The minimum absolute atomic E-state index is 0.0382. The lowest BCUT2D eigenvalue weighted by atomic mass is 9.74. The number of rotatable bonds is 9. The number of alkyl halides is 3. The fourth-order valence-corrected chi connectivity index (χ4v) is 8.47. The van der Waals surface area contributed by atoms with Gasteiger partial charge in [-0.05, 0) is 97.0 Å². The predicted molar refractivity (Wildman–Crippen MR) is 156 cm³/mol.